The third-order valence-electron chi connectivity index (χ3n) is 6.57. The second-order valence-corrected chi connectivity index (χ2v) is 8.85. The number of hydrogen-bond donors (Lipinski definition) is 0. The largest absolute Gasteiger partial charge is 0.378 e. The molecule has 0 aromatic carbocycles. The average molecular weight is 450 g/mol. The fourth-order valence-electron chi connectivity index (χ4n) is 4.67. The number of aromatic nitrogens is 5. The first-order chi connectivity index (χ1) is 16.1. The molecule has 9 nitrogen and oxygen atoms in total. The van der Waals surface area contributed by atoms with Crippen LogP contribution in [0, 0.1) is 13.8 Å². The van der Waals surface area contributed by atoms with Crippen molar-refractivity contribution in [1.82, 2.24) is 29.8 Å². The van der Waals surface area contributed by atoms with Crippen molar-refractivity contribution in [2.45, 2.75) is 39.2 Å². The number of ether oxygens (including phenoxy) is 1. The molecule has 5 heterocycles. The van der Waals surface area contributed by atoms with Crippen LogP contribution >= 0.6 is 0 Å². The monoisotopic (exact) mass is 449 g/mol. The van der Waals surface area contributed by atoms with Gasteiger partial charge in [-0.05, 0) is 39.8 Å². The Hall–Kier alpha value is -3.04. The Kier molecular flexibility index (Phi) is 6.24. The lowest BCUT2D eigenvalue weighted by molar-refractivity contribution is 0.122. The fourth-order valence-corrected chi connectivity index (χ4v) is 4.67. The highest BCUT2D eigenvalue weighted by atomic mass is 16.5. The summed E-state index contributed by atoms with van der Waals surface area (Å²) in [7, 11) is 0. The van der Waals surface area contributed by atoms with Gasteiger partial charge in [0.15, 0.2) is 5.76 Å². The second kappa shape index (κ2) is 9.44. The number of piperidine rings is 1. The lowest BCUT2D eigenvalue weighted by Crippen LogP contribution is -2.38. The highest BCUT2D eigenvalue weighted by Crippen LogP contribution is 2.35. The molecule has 0 radical (unpaired) electrons. The normalized spacial score (nSPS) is 18.1. The molecule has 0 spiro atoms. The van der Waals surface area contributed by atoms with Crippen molar-refractivity contribution in [3.8, 4) is 11.3 Å². The molecule has 174 valence electrons. The van der Waals surface area contributed by atoms with E-state index in [0.717, 1.165) is 79.9 Å². The zero-order chi connectivity index (χ0) is 22.8. The van der Waals surface area contributed by atoms with E-state index >= 15 is 0 Å². The third kappa shape index (κ3) is 4.69. The minimum atomic E-state index is 0.349. The molecule has 2 saturated heterocycles. The van der Waals surface area contributed by atoms with E-state index in [-0.39, 0.29) is 0 Å². The molecule has 0 bridgehead atoms. The van der Waals surface area contributed by atoms with Gasteiger partial charge in [0.1, 0.15) is 0 Å². The molecule has 5 rings (SSSR count). The highest BCUT2D eigenvalue weighted by Gasteiger charge is 2.28. The first kappa shape index (κ1) is 21.8. The van der Waals surface area contributed by atoms with Gasteiger partial charge in [-0.15, -0.1) is 0 Å². The molecular weight excluding hydrogens is 418 g/mol. The van der Waals surface area contributed by atoms with Gasteiger partial charge in [0.25, 0.3) is 0 Å². The molecule has 3 aromatic heterocycles. The first-order valence-electron chi connectivity index (χ1n) is 11.6. The lowest BCUT2D eigenvalue weighted by Gasteiger charge is -2.33. The molecule has 2 aliphatic rings. The van der Waals surface area contributed by atoms with E-state index in [1.165, 1.54) is 5.56 Å². The van der Waals surface area contributed by atoms with Gasteiger partial charge in [-0.2, -0.15) is 5.10 Å². The Balaban J connectivity index is 1.35. The van der Waals surface area contributed by atoms with Crippen molar-refractivity contribution in [3.05, 3.63) is 47.7 Å². The van der Waals surface area contributed by atoms with Gasteiger partial charge >= 0.3 is 0 Å². The zero-order valence-corrected chi connectivity index (χ0v) is 19.4. The molecule has 33 heavy (non-hydrogen) atoms. The van der Waals surface area contributed by atoms with Crippen LogP contribution in [0.3, 0.4) is 0 Å². The Morgan fingerprint density at radius 3 is 2.61 bits per heavy atom. The summed E-state index contributed by atoms with van der Waals surface area (Å²) in [4.78, 5) is 14.5. The number of anilines is 1. The quantitative estimate of drug-likeness (QED) is 0.567. The van der Waals surface area contributed by atoms with E-state index in [4.69, 9.17) is 14.2 Å². The average Bonchev–Trinajstić information content (AvgIpc) is 3.45. The van der Waals surface area contributed by atoms with Crippen molar-refractivity contribution in [1.29, 1.82) is 0 Å². The summed E-state index contributed by atoms with van der Waals surface area (Å²) in [6.07, 6.45) is 7.78. The van der Waals surface area contributed by atoms with Gasteiger partial charge in [-0.25, -0.2) is 14.6 Å². The number of nitrogens with zero attached hydrogens (tertiary/aromatic N) is 7. The third-order valence-corrected chi connectivity index (χ3v) is 6.57. The maximum absolute atomic E-state index is 5.60. The van der Waals surface area contributed by atoms with Crippen molar-refractivity contribution in [2.75, 3.05) is 44.3 Å². The standard InChI is InChI=1S/C24H31N7O2/c1-4-31-16-20(18(3)27-31)15-29-7-5-19(6-8-29)23-21(22-13-17(2)28-33-22)14-25-24(26-23)30-9-11-32-12-10-30/h4,13-14,16,19H,1,5-12,15H2,2-3H3. The van der Waals surface area contributed by atoms with Gasteiger partial charge in [0, 0.05) is 55.8 Å². The number of likely N-dealkylation sites (tertiary alicyclic amines) is 1. The lowest BCUT2D eigenvalue weighted by atomic mass is 9.90. The predicted octanol–water partition coefficient (Wildman–Crippen LogP) is 3.26. The molecule has 0 amide bonds. The van der Waals surface area contributed by atoms with Crippen molar-refractivity contribution >= 4 is 12.1 Å². The number of aryl methyl sites for hydroxylation is 2. The van der Waals surface area contributed by atoms with Gasteiger partial charge in [-0.1, -0.05) is 11.7 Å². The van der Waals surface area contributed by atoms with Gasteiger partial charge in [0.05, 0.1) is 35.9 Å². The summed E-state index contributed by atoms with van der Waals surface area (Å²) in [5.41, 5.74) is 5.19. The maximum atomic E-state index is 5.60. The van der Waals surface area contributed by atoms with Crippen LogP contribution in [0.4, 0.5) is 5.95 Å². The molecular formula is C24H31N7O2. The predicted molar refractivity (Wildman–Crippen MR) is 126 cm³/mol. The summed E-state index contributed by atoms with van der Waals surface area (Å²) in [6, 6.07) is 1.96. The summed E-state index contributed by atoms with van der Waals surface area (Å²) < 4.78 is 12.9. The van der Waals surface area contributed by atoms with Gasteiger partial charge in [0.2, 0.25) is 5.95 Å². The van der Waals surface area contributed by atoms with Crippen molar-refractivity contribution in [2.24, 2.45) is 0 Å². The Morgan fingerprint density at radius 2 is 1.94 bits per heavy atom. The second-order valence-electron chi connectivity index (χ2n) is 8.85. The minimum Gasteiger partial charge on any atom is -0.378 e. The molecule has 0 saturated carbocycles. The van der Waals surface area contributed by atoms with Crippen LogP contribution in [-0.2, 0) is 11.3 Å². The van der Waals surface area contributed by atoms with E-state index < -0.39 is 0 Å². The Labute approximate surface area is 194 Å². The molecule has 0 unspecified atom stereocenters. The van der Waals surface area contributed by atoms with E-state index in [1.807, 2.05) is 19.2 Å². The van der Waals surface area contributed by atoms with E-state index in [1.54, 1.807) is 10.9 Å². The van der Waals surface area contributed by atoms with E-state index in [9.17, 15) is 0 Å². The zero-order valence-electron chi connectivity index (χ0n) is 19.4. The highest BCUT2D eigenvalue weighted by molar-refractivity contribution is 5.61. The van der Waals surface area contributed by atoms with Crippen LogP contribution in [-0.4, -0.2) is 69.2 Å². The molecule has 0 N–H and O–H groups in total. The number of rotatable bonds is 6. The molecule has 2 fully saturated rings. The van der Waals surface area contributed by atoms with E-state index in [0.29, 0.717) is 19.1 Å². The van der Waals surface area contributed by atoms with Crippen LogP contribution in [0.5, 0.6) is 0 Å². The summed E-state index contributed by atoms with van der Waals surface area (Å²) >= 11 is 0. The molecule has 2 aliphatic heterocycles. The van der Waals surface area contributed by atoms with E-state index in [2.05, 4.69) is 44.7 Å². The smallest absolute Gasteiger partial charge is 0.225 e. The van der Waals surface area contributed by atoms with Gasteiger partial charge < -0.3 is 14.2 Å². The topological polar surface area (TPSA) is 85.3 Å². The molecule has 3 aromatic rings. The molecule has 9 heteroatoms. The summed E-state index contributed by atoms with van der Waals surface area (Å²) in [6.45, 7) is 13.8. The minimum absolute atomic E-state index is 0.349. The van der Waals surface area contributed by atoms with Crippen LogP contribution < -0.4 is 4.90 Å². The van der Waals surface area contributed by atoms with Crippen LogP contribution in [0.15, 0.2) is 29.6 Å². The molecule has 0 atom stereocenters. The SMILES string of the molecule is C=Cn1cc(CN2CCC(c3nc(N4CCOCC4)ncc3-c3cc(C)no3)CC2)c(C)n1. The maximum Gasteiger partial charge on any atom is 0.225 e. The van der Waals surface area contributed by atoms with Crippen LogP contribution in [0.1, 0.15) is 41.4 Å². The Bertz CT molecular complexity index is 1110. The van der Waals surface area contributed by atoms with Gasteiger partial charge in [-0.3, -0.25) is 4.90 Å². The summed E-state index contributed by atoms with van der Waals surface area (Å²) in [5, 5.41) is 8.57. The molecule has 0 aliphatic carbocycles. The first-order valence-corrected chi connectivity index (χ1v) is 11.6. The Morgan fingerprint density at radius 1 is 1.15 bits per heavy atom. The van der Waals surface area contributed by atoms with Crippen molar-refractivity contribution < 1.29 is 9.26 Å². The number of morpholine rings is 1. The summed E-state index contributed by atoms with van der Waals surface area (Å²) in [5.74, 6) is 1.87. The van der Waals surface area contributed by atoms with Crippen LogP contribution in [0.2, 0.25) is 0 Å². The van der Waals surface area contributed by atoms with Crippen LogP contribution in [0.25, 0.3) is 17.5 Å². The van der Waals surface area contributed by atoms with Crippen molar-refractivity contribution in [3.63, 3.8) is 0 Å². The fraction of sp³-hybridized carbons (Fsp3) is 0.500. The number of hydrogen-bond acceptors (Lipinski definition) is 8.